The van der Waals surface area contributed by atoms with Crippen LogP contribution >= 0.6 is 11.6 Å². The molecular weight excluding hydrogens is 372 g/mol. The number of guanidine groups is 1. The third-order valence-electron chi connectivity index (χ3n) is 4.77. The number of halogens is 1. The monoisotopic (exact) mass is 388 g/mol. The number of hydrogen-bond donors (Lipinski definition) is 1. The number of primary amides is 1. The summed E-state index contributed by atoms with van der Waals surface area (Å²) >= 11 is 6.11. The fourth-order valence-corrected chi connectivity index (χ4v) is 3.77. The van der Waals surface area contributed by atoms with E-state index in [4.69, 9.17) is 17.3 Å². The molecule has 3 heterocycles. The predicted octanol–water partition coefficient (Wildman–Crippen LogP) is 0.767. The summed E-state index contributed by atoms with van der Waals surface area (Å²) in [6.45, 7) is 1.43. The number of imide groups is 1. The summed E-state index contributed by atoms with van der Waals surface area (Å²) in [4.78, 5) is 47.1. The summed E-state index contributed by atoms with van der Waals surface area (Å²) in [5, 5.41) is 0.575. The molecule has 2 N–H and O–H groups in total. The van der Waals surface area contributed by atoms with Crippen LogP contribution in [0.15, 0.2) is 41.2 Å². The highest BCUT2D eigenvalue weighted by molar-refractivity contribution is 6.31. The molecule has 2 atom stereocenters. The number of hydrogen-bond acceptors (Lipinski definition) is 6. The number of nitrogens with zero attached hydrogens (tertiary/aromatic N) is 5. The minimum absolute atomic E-state index is 0.463. The molecule has 10 heteroatoms. The van der Waals surface area contributed by atoms with Crippen LogP contribution in [-0.4, -0.2) is 64.3 Å². The number of aliphatic imine (C=N–C) groups is 1. The van der Waals surface area contributed by atoms with Gasteiger partial charge in [0.1, 0.15) is 6.54 Å². The average Bonchev–Trinajstić information content (AvgIpc) is 3.11. The topological polar surface area (TPSA) is 103 Å². The minimum atomic E-state index is -0.753. The van der Waals surface area contributed by atoms with Crippen LogP contribution in [0.4, 0.5) is 10.5 Å². The van der Waals surface area contributed by atoms with Crippen molar-refractivity contribution in [3.05, 3.63) is 41.2 Å². The van der Waals surface area contributed by atoms with Gasteiger partial charge in [0.15, 0.2) is 12.2 Å². The molecule has 3 aliphatic heterocycles. The third-order valence-corrected chi connectivity index (χ3v) is 5.00. The fourth-order valence-electron chi connectivity index (χ4n) is 3.59. The molecule has 2 unspecified atom stereocenters. The summed E-state index contributed by atoms with van der Waals surface area (Å²) in [5.41, 5.74) is 6.84. The highest BCUT2D eigenvalue weighted by Gasteiger charge is 2.54. The van der Waals surface area contributed by atoms with E-state index in [1.165, 1.54) is 4.90 Å². The van der Waals surface area contributed by atoms with Crippen molar-refractivity contribution >= 4 is 41.1 Å². The maximum absolute atomic E-state index is 12.9. The zero-order chi connectivity index (χ0) is 19.5. The van der Waals surface area contributed by atoms with Crippen molar-refractivity contribution in [2.75, 3.05) is 18.5 Å². The zero-order valence-electron chi connectivity index (χ0n) is 14.7. The van der Waals surface area contributed by atoms with Crippen molar-refractivity contribution in [2.45, 2.75) is 19.1 Å². The molecule has 4 rings (SSSR count). The van der Waals surface area contributed by atoms with E-state index in [0.29, 0.717) is 11.0 Å². The Kier molecular flexibility index (Phi) is 3.84. The number of allylic oxidation sites excluding steroid dienone is 1. The van der Waals surface area contributed by atoms with Gasteiger partial charge in [-0.1, -0.05) is 17.7 Å². The smallest absolute Gasteiger partial charge is 0.328 e. The maximum Gasteiger partial charge on any atom is 0.328 e. The molecule has 0 spiro atoms. The first-order valence-electron chi connectivity index (χ1n) is 8.26. The lowest BCUT2D eigenvalue weighted by Crippen LogP contribution is -2.65. The number of urea groups is 1. The third kappa shape index (κ3) is 2.54. The van der Waals surface area contributed by atoms with Crippen molar-refractivity contribution in [3.8, 4) is 0 Å². The second-order valence-electron chi connectivity index (χ2n) is 6.56. The van der Waals surface area contributed by atoms with Crippen molar-refractivity contribution in [3.63, 3.8) is 0 Å². The van der Waals surface area contributed by atoms with Gasteiger partial charge in [-0.15, -0.1) is 0 Å². The molecule has 140 valence electrons. The van der Waals surface area contributed by atoms with Crippen LogP contribution in [0, 0.1) is 0 Å². The van der Waals surface area contributed by atoms with Gasteiger partial charge in [-0.25, -0.2) is 9.79 Å². The molecule has 0 saturated carbocycles. The molecular formula is C17H17ClN6O3. The number of nitrogens with two attached hydrogens (primary N) is 1. The van der Waals surface area contributed by atoms with Gasteiger partial charge in [-0.05, 0) is 25.1 Å². The molecule has 9 nitrogen and oxygen atoms in total. The van der Waals surface area contributed by atoms with Crippen molar-refractivity contribution in [1.29, 1.82) is 0 Å². The lowest BCUT2D eigenvalue weighted by Gasteiger charge is -2.39. The van der Waals surface area contributed by atoms with Crippen LogP contribution in [0.1, 0.15) is 6.92 Å². The van der Waals surface area contributed by atoms with Gasteiger partial charge >= 0.3 is 6.03 Å². The molecule has 0 radical (unpaired) electrons. The SMILES string of the molecule is CC1=CN2C(=NC3C2C(=O)N(CC(N)=O)C(=O)N3C)N1c1cccc(Cl)c1. The molecule has 1 aromatic carbocycles. The molecule has 3 aliphatic rings. The number of carbonyl (C=O) groups is 3. The summed E-state index contributed by atoms with van der Waals surface area (Å²) in [6, 6.07) is 5.93. The number of likely N-dealkylation sites (N-methyl/N-ethyl adjacent to an activating group) is 1. The summed E-state index contributed by atoms with van der Waals surface area (Å²) in [6.07, 6.45) is 1.11. The molecule has 1 aromatic rings. The van der Waals surface area contributed by atoms with Crippen LogP contribution in [0.2, 0.25) is 5.02 Å². The normalized spacial score (nSPS) is 24.1. The molecule has 1 fully saturated rings. The summed E-state index contributed by atoms with van der Waals surface area (Å²) in [7, 11) is 1.55. The quantitative estimate of drug-likeness (QED) is 0.823. The number of amides is 4. The Balaban J connectivity index is 1.73. The Labute approximate surface area is 160 Å². The van der Waals surface area contributed by atoms with Crippen molar-refractivity contribution < 1.29 is 14.4 Å². The Bertz CT molecular complexity index is 929. The Morgan fingerprint density at radius 2 is 2.07 bits per heavy atom. The first-order chi connectivity index (χ1) is 12.8. The lowest BCUT2D eigenvalue weighted by atomic mass is 10.1. The first kappa shape index (κ1) is 17.3. The van der Waals surface area contributed by atoms with Gasteiger partial charge < -0.3 is 15.5 Å². The predicted molar refractivity (Wildman–Crippen MR) is 98.6 cm³/mol. The summed E-state index contributed by atoms with van der Waals surface area (Å²) in [5.74, 6) is -0.729. The number of anilines is 1. The van der Waals surface area contributed by atoms with E-state index in [9.17, 15) is 14.4 Å². The average molecular weight is 389 g/mol. The van der Waals surface area contributed by atoms with Gasteiger partial charge in [-0.2, -0.15) is 0 Å². The van der Waals surface area contributed by atoms with Crippen LogP contribution in [0.25, 0.3) is 0 Å². The van der Waals surface area contributed by atoms with E-state index in [1.54, 1.807) is 30.3 Å². The number of carbonyl (C=O) groups excluding carboxylic acids is 3. The van der Waals surface area contributed by atoms with E-state index in [2.05, 4.69) is 4.99 Å². The van der Waals surface area contributed by atoms with Gasteiger partial charge in [0.25, 0.3) is 5.91 Å². The summed E-state index contributed by atoms with van der Waals surface area (Å²) < 4.78 is 0. The Hall–Kier alpha value is -3.07. The second kappa shape index (κ2) is 5.98. The van der Waals surface area contributed by atoms with E-state index in [-0.39, 0.29) is 0 Å². The van der Waals surface area contributed by atoms with E-state index in [0.717, 1.165) is 16.3 Å². The maximum atomic E-state index is 12.9. The Morgan fingerprint density at radius 1 is 1.33 bits per heavy atom. The molecule has 27 heavy (non-hydrogen) atoms. The van der Waals surface area contributed by atoms with Gasteiger partial charge in [0.2, 0.25) is 11.9 Å². The van der Waals surface area contributed by atoms with Gasteiger partial charge in [-0.3, -0.25) is 19.4 Å². The first-order valence-corrected chi connectivity index (χ1v) is 8.64. The number of benzene rings is 1. The van der Waals surface area contributed by atoms with E-state index < -0.39 is 36.6 Å². The Morgan fingerprint density at radius 3 is 2.74 bits per heavy atom. The number of rotatable bonds is 3. The second-order valence-corrected chi connectivity index (χ2v) is 7.00. The minimum Gasteiger partial charge on any atom is -0.368 e. The molecule has 4 amide bonds. The zero-order valence-corrected chi connectivity index (χ0v) is 15.4. The van der Waals surface area contributed by atoms with Gasteiger partial charge in [0, 0.05) is 24.0 Å². The lowest BCUT2D eigenvalue weighted by molar-refractivity contribution is -0.139. The van der Waals surface area contributed by atoms with Crippen molar-refractivity contribution in [2.24, 2.45) is 10.7 Å². The number of fused-ring (bicyclic) bond motifs is 3. The van der Waals surface area contributed by atoms with E-state index in [1.807, 2.05) is 24.0 Å². The van der Waals surface area contributed by atoms with E-state index >= 15 is 0 Å². The largest absolute Gasteiger partial charge is 0.368 e. The van der Waals surface area contributed by atoms with Gasteiger partial charge in [0.05, 0.1) is 5.69 Å². The molecule has 0 aromatic heterocycles. The highest BCUT2D eigenvalue weighted by atomic mass is 35.5. The van der Waals surface area contributed by atoms with Crippen LogP contribution in [-0.2, 0) is 9.59 Å². The van der Waals surface area contributed by atoms with Crippen LogP contribution in [0.5, 0.6) is 0 Å². The van der Waals surface area contributed by atoms with Crippen molar-refractivity contribution in [1.82, 2.24) is 14.7 Å². The highest BCUT2D eigenvalue weighted by Crippen LogP contribution is 2.36. The van der Waals surface area contributed by atoms with Crippen LogP contribution in [0.3, 0.4) is 0 Å². The molecule has 0 aliphatic carbocycles. The van der Waals surface area contributed by atoms with Crippen LogP contribution < -0.4 is 10.6 Å². The fraction of sp³-hybridized carbons (Fsp3) is 0.294. The molecule has 0 bridgehead atoms. The standard InChI is InChI=1S/C17H17ClN6O3/c1-9-7-22-13-14(21(2)17(27)23(15(13)26)8-12(19)25)20-16(22)24(9)11-5-3-4-10(18)6-11/h3-7,13-14H,8H2,1-2H3,(H2,19,25). The molecule has 1 saturated heterocycles.